The zero-order valence-corrected chi connectivity index (χ0v) is 18.7. The molecule has 0 unspecified atom stereocenters. The van der Waals surface area contributed by atoms with Crippen molar-refractivity contribution in [2.75, 3.05) is 17.2 Å². The van der Waals surface area contributed by atoms with Crippen LogP contribution in [0.25, 0.3) is 10.9 Å². The maximum atomic E-state index is 12.8. The van der Waals surface area contributed by atoms with Crippen LogP contribution < -0.4 is 9.64 Å². The first-order valence-electron chi connectivity index (χ1n) is 10.7. The van der Waals surface area contributed by atoms with Crippen molar-refractivity contribution in [3.05, 3.63) is 89.5 Å². The maximum Gasteiger partial charge on any atom is 0.229 e. The molecule has 4 aromatic rings. The molecule has 0 atom stereocenters. The highest BCUT2D eigenvalue weighted by Crippen LogP contribution is 2.30. The zero-order chi connectivity index (χ0) is 22.8. The lowest BCUT2D eigenvalue weighted by Crippen LogP contribution is -2.27. The molecule has 0 bridgehead atoms. The normalized spacial score (nSPS) is 15.1. The van der Waals surface area contributed by atoms with Crippen molar-refractivity contribution in [3.63, 3.8) is 0 Å². The van der Waals surface area contributed by atoms with Crippen molar-refractivity contribution in [2.45, 2.75) is 24.7 Å². The first-order valence-corrected chi connectivity index (χ1v) is 12.3. The molecule has 1 N–H and O–H groups in total. The van der Waals surface area contributed by atoms with E-state index in [0.29, 0.717) is 40.8 Å². The van der Waals surface area contributed by atoms with E-state index in [2.05, 4.69) is 0 Å². The standard InChI is InChI=1S/C25H23N3O4S/c29-16-19-10-11-22-21(14-19)24(32-17-18-6-2-1-3-7-18)27-25(26-22)28-12-13-33(30,31)23-9-5-4-8-20(23)15-28/h1-11,14,29H,12-13,15-17H2. The van der Waals surface area contributed by atoms with E-state index < -0.39 is 9.84 Å². The van der Waals surface area contributed by atoms with Crippen LogP contribution in [0.3, 0.4) is 0 Å². The van der Waals surface area contributed by atoms with Crippen LogP contribution >= 0.6 is 0 Å². The molecule has 0 saturated heterocycles. The number of benzene rings is 3. The van der Waals surface area contributed by atoms with Gasteiger partial charge >= 0.3 is 0 Å². The first-order chi connectivity index (χ1) is 16.0. The molecule has 0 saturated carbocycles. The number of sulfone groups is 1. The van der Waals surface area contributed by atoms with Gasteiger partial charge in [-0.2, -0.15) is 4.98 Å². The van der Waals surface area contributed by atoms with Gasteiger partial charge in [0.25, 0.3) is 0 Å². The van der Waals surface area contributed by atoms with Gasteiger partial charge in [-0.15, -0.1) is 0 Å². The van der Waals surface area contributed by atoms with Gasteiger partial charge in [0.15, 0.2) is 9.84 Å². The number of aliphatic hydroxyl groups excluding tert-OH is 1. The Morgan fingerprint density at radius 3 is 2.55 bits per heavy atom. The van der Waals surface area contributed by atoms with Gasteiger partial charge < -0.3 is 14.7 Å². The van der Waals surface area contributed by atoms with E-state index in [4.69, 9.17) is 14.7 Å². The fraction of sp³-hybridized carbons (Fsp3) is 0.200. The first kappa shape index (κ1) is 21.4. The highest BCUT2D eigenvalue weighted by molar-refractivity contribution is 7.91. The van der Waals surface area contributed by atoms with Crippen LogP contribution in [0.1, 0.15) is 16.7 Å². The molecule has 168 valence electrons. The molecule has 0 spiro atoms. The van der Waals surface area contributed by atoms with Crippen molar-refractivity contribution < 1.29 is 18.3 Å². The lowest BCUT2D eigenvalue weighted by molar-refractivity contribution is 0.281. The molecule has 7 nitrogen and oxygen atoms in total. The maximum absolute atomic E-state index is 12.8. The topological polar surface area (TPSA) is 92.6 Å². The van der Waals surface area contributed by atoms with Crippen LogP contribution in [0, 0.1) is 0 Å². The smallest absolute Gasteiger partial charge is 0.229 e. The number of fused-ring (bicyclic) bond motifs is 2. The molecular formula is C25H23N3O4S. The van der Waals surface area contributed by atoms with Crippen molar-refractivity contribution in [1.29, 1.82) is 0 Å². The summed E-state index contributed by atoms with van der Waals surface area (Å²) in [5.41, 5.74) is 3.12. The van der Waals surface area contributed by atoms with Crippen LogP contribution in [0.2, 0.25) is 0 Å². The third kappa shape index (κ3) is 4.40. The Bertz CT molecular complexity index is 1410. The second-order valence-electron chi connectivity index (χ2n) is 7.96. The summed E-state index contributed by atoms with van der Waals surface area (Å²) in [6, 6.07) is 22.3. The van der Waals surface area contributed by atoms with Crippen LogP contribution in [-0.4, -0.2) is 35.8 Å². The van der Waals surface area contributed by atoms with Crippen LogP contribution in [0.4, 0.5) is 5.95 Å². The summed E-state index contributed by atoms with van der Waals surface area (Å²) in [5, 5.41) is 10.3. The van der Waals surface area contributed by atoms with Gasteiger partial charge in [0.2, 0.25) is 11.8 Å². The Morgan fingerprint density at radius 2 is 1.73 bits per heavy atom. The average Bonchev–Trinajstić information content (AvgIpc) is 2.98. The lowest BCUT2D eigenvalue weighted by Gasteiger charge is -2.21. The van der Waals surface area contributed by atoms with E-state index in [0.717, 1.165) is 16.7 Å². The molecule has 1 aromatic heterocycles. The van der Waals surface area contributed by atoms with Crippen molar-refractivity contribution in [3.8, 4) is 5.88 Å². The molecule has 0 fully saturated rings. The third-order valence-corrected chi connectivity index (χ3v) is 7.48. The summed E-state index contributed by atoms with van der Waals surface area (Å²) >= 11 is 0. The minimum absolute atomic E-state index is 0.0188. The zero-order valence-electron chi connectivity index (χ0n) is 17.9. The third-order valence-electron chi connectivity index (χ3n) is 5.70. The number of aliphatic hydroxyl groups is 1. The summed E-state index contributed by atoms with van der Waals surface area (Å²) < 4.78 is 31.6. The van der Waals surface area contributed by atoms with E-state index in [1.165, 1.54) is 0 Å². The Hall–Kier alpha value is -3.49. The minimum Gasteiger partial charge on any atom is -0.472 e. The number of hydrogen-bond acceptors (Lipinski definition) is 7. The Labute approximate surface area is 192 Å². The summed E-state index contributed by atoms with van der Waals surface area (Å²) in [4.78, 5) is 11.6. The number of anilines is 1. The van der Waals surface area contributed by atoms with Crippen LogP contribution in [-0.2, 0) is 29.6 Å². The predicted octanol–water partition coefficient (Wildman–Crippen LogP) is 3.50. The number of nitrogens with zero attached hydrogens (tertiary/aromatic N) is 3. The lowest BCUT2D eigenvalue weighted by atomic mass is 10.1. The van der Waals surface area contributed by atoms with Gasteiger partial charge in [-0.05, 0) is 34.9 Å². The molecular weight excluding hydrogens is 438 g/mol. The number of ether oxygens (including phenoxy) is 1. The van der Waals surface area contributed by atoms with Gasteiger partial charge in [0.05, 0.1) is 28.2 Å². The van der Waals surface area contributed by atoms with Crippen molar-refractivity contribution >= 4 is 26.7 Å². The second-order valence-corrected chi connectivity index (χ2v) is 10.0. The summed E-state index contributed by atoms with van der Waals surface area (Å²) in [5.74, 6) is 0.790. The predicted molar refractivity (Wildman–Crippen MR) is 126 cm³/mol. The Balaban J connectivity index is 1.56. The largest absolute Gasteiger partial charge is 0.472 e. The molecule has 2 heterocycles. The van der Waals surface area contributed by atoms with Gasteiger partial charge in [-0.3, -0.25) is 0 Å². The SMILES string of the molecule is O=S1(=O)CCN(c2nc(OCc3ccccc3)c3cc(CO)ccc3n2)Cc2ccccc21. The number of rotatable bonds is 5. The van der Waals surface area contributed by atoms with Crippen molar-refractivity contribution in [2.24, 2.45) is 0 Å². The molecule has 1 aliphatic heterocycles. The minimum atomic E-state index is -3.38. The number of aromatic nitrogens is 2. The van der Waals surface area contributed by atoms with Gasteiger partial charge in [0, 0.05) is 13.1 Å². The molecule has 8 heteroatoms. The molecule has 1 aliphatic rings. The molecule has 0 aliphatic carbocycles. The highest BCUT2D eigenvalue weighted by atomic mass is 32.2. The van der Waals surface area contributed by atoms with Gasteiger partial charge in [-0.25, -0.2) is 13.4 Å². The van der Waals surface area contributed by atoms with E-state index in [-0.39, 0.29) is 18.9 Å². The van der Waals surface area contributed by atoms with E-state index >= 15 is 0 Å². The second kappa shape index (κ2) is 8.80. The highest BCUT2D eigenvalue weighted by Gasteiger charge is 2.27. The summed E-state index contributed by atoms with van der Waals surface area (Å²) in [6.45, 7) is 0.882. The van der Waals surface area contributed by atoms with Gasteiger partial charge in [-0.1, -0.05) is 54.6 Å². The van der Waals surface area contributed by atoms with E-state index in [1.54, 1.807) is 12.1 Å². The summed E-state index contributed by atoms with van der Waals surface area (Å²) in [6.07, 6.45) is 0. The number of hydrogen-bond donors (Lipinski definition) is 1. The fourth-order valence-corrected chi connectivity index (χ4v) is 5.44. The fourth-order valence-electron chi connectivity index (χ4n) is 3.95. The summed E-state index contributed by atoms with van der Waals surface area (Å²) in [7, 11) is -3.38. The Kier molecular flexibility index (Phi) is 5.70. The van der Waals surface area contributed by atoms with Crippen LogP contribution in [0.15, 0.2) is 77.7 Å². The molecule has 33 heavy (non-hydrogen) atoms. The van der Waals surface area contributed by atoms with E-state index in [9.17, 15) is 13.5 Å². The average molecular weight is 462 g/mol. The van der Waals surface area contributed by atoms with Gasteiger partial charge in [0.1, 0.15) is 6.61 Å². The van der Waals surface area contributed by atoms with Crippen molar-refractivity contribution in [1.82, 2.24) is 9.97 Å². The van der Waals surface area contributed by atoms with E-state index in [1.807, 2.05) is 65.6 Å². The molecule has 0 amide bonds. The molecule has 3 aromatic carbocycles. The molecule has 5 rings (SSSR count). The van der Waals surface area contributed by atoms with Crippen LogP contribution in [0.5, 0.6) is 5.88 Å². The quantitative estimate of drug-likeness (QED) is 0.486. The molecule has 0 radical (unpaired) electrons. The Morgan fingerprint density at radius 1 is 0.939 bits per heavy atom. The monoisotopic (exact) mass is 461 g/mol.